The maximum atomic E-state index is 12.1. The zero-order chi connectivity index (χ0) is 16.4. The molecule has 3 aromatic rings. The number of ether oxygens (including phenoxy) is 1. The molecule has 3 heterocycles. The average Bonchev–Trinajstić information content (AvgIpc) is 2.54. The Kier molecular flexibility index (Phi) is 3.89. The topological polar surface area (TPSA) is 73.6 Å². The Balaban J connectivity index is 1.82. The second kappa shape index (κ2) is 6.00. The average molecular weight is 309 g/mol. The highest BCUT2D eigenvalue weighted by molar-refractivity contribution is 5.88. The Bertz CT molecular complexity index is 930. The first-order valence-corrected chi connectivity index (χ1v) is 7.12. The Morgan fingerprint density at radius 2 is 2.09 bits per heavy atom. The zero-order valence-corrected chi connectivity index (χ0v) is 12.8. The lowest BCUT2D eigenvalue weighted by Gasteiger charge is -2.07. The monoisotopic (exact) mass is 309 g/mol. The van der Waals surface area contributed by atoms with Gasteiger partial charge in [-0.25, -0.2) is 9.78 Å². The maximum absolute atomic E-state index is 12.1. The highest BCUT2D eigenvalue weighted by Gasteiger charge is 2.10. The van der Waals surface area contributed by atoms with Gasteiger partial charge < -0.3 is 4.74 Å². The lowest BCUT2D eigenvalue weighted by atomic mass is 10.2. The standard InChI is InChI=1S/C17H15N3O3/c1-11-4-3-7-20-15(21)8-14(19-16(11)20)10-23-17(22)13-6-5-12(2)18-9-13/h3-9H,10H2,1-2H3. The molecule has 3 rings (SSSR count). The third-order valence-electron chi connectivity index (χ3n) is 3.44. The van der Waals surface area contributed by atoms with Crippen molar-refractivity contribution in [2.45, 2.75) is 20.5 Å². The summed E-state index contributed by atoms with van der Waals surface area (Å²) in [6.45, 7) is 3.65. The van der Waals surface area contributed by atoms with E-state index in [1.165, 1.54) is 16.7 Å². The van der Waals surface area contributed by atoms with Crippen molar-refractivity contribution >= 4 is 11.6 Å². The smallest absolute Gasteiger partial charge is 0.340 e. The molecule has 0 aliphatic rings. The highest BCUT2D eigenvalue weighted by atomic mass is 16.5. The predicted octanol–water partition coefficient (Wildman–Crippen LogP) is 2.06. The van der Waals surface area contributed by atoms with E-state index in [1.807, 2.05) is 19.9 Å². The van der Waals surface area contributed by atoms with Gasteiger partial charge in [0.25, 0.3) is 5.56 Å². The molecule has 0 saturated carbocycles. The van der Waals surface area contributed by atoms with E-state index < -0.39 is 5.97 Å². The number of hydrogen-bond donors (Lipinski definition) is 0. The Morgan fingerprint density at radius 3 is 2.83 bits per heavy atom. The van der Waals surface area contributed by atoms with Crippen molar-refractivity contribution in [2.24, 2.45) is 0 Å². The van der Waals surface area contributed by atoms with E-state index in [-0.39, 0.29) is 12.2 Å². The lowest BCUT2D eigenvalue weighted by molar-refractivity contribution is 0.0467. The number of carbonyl (C=O) groups is 1. The van der Waals surface area contributed by atoms with E-state index in [4.69, 9.17) is 4.74 Å². The Labute approximate surface area is 132 Å². The van der Waals surface area contributed by atoms with Gasteiger partial charge in [0.2, 0.25) is 0 Å². The molecular formula is C17H15N3O3. The van der Waals surface area contributed by atoms with E-state index in [9.17, 15) is 9.59 Å². The third kappa shape index (κ3) is 3.11. The van der Waals surface area contributed by atoms with Crippen molar-refractivity contribution in [3.8, 4) is 0 Å². The number of hydrogen-bond acceptors (Lipinski definition) is 5. The van der Waals surface area contributed by atoms with Gasteiger partial charge in [-0.05, 0) is 37.6 Å². The first-order chi connectivity index (χ1) is 11.0. The molecule has 116 valence electrons. The van der Waals surface area contributed by atoms with Crippen LogP contribution in [-0.2, 0) is 11.3 Å². The molecule has 0 aliphatic heterocycles. The summed E-state index contributed by atoms with van der Waals surface area (Å²) in [6.07, 6.45) is 3.12. The summed E-state index contributed by atoms with van der Waals surface area (Å²) in [5.41, 5.74) is 2.83. The van der Waals surface area contributed by atoms with Gasteiger partial charge >= 0.3 is 5.97 Å². The Hall–Kier alpha value is -3.02. The minimum absolute atomic E-state index is 0.0627. The summed E-state index contributed by atoms with van der Waals surface area (Å²) >= 11 is 0. The molecule has 0 amide bonds. The molecule has 0 fully saturated rings. The molecule has 6 nitrogen and oxygen atoms in total. The fourth-order valence-electron chi connectivity index (χ4n) is 2.19. The Morgan fingerprint density at radius 1 is 1.26 bits per heavy atom. The van der Waals surface area contributed by atoms with Gasteiger partial charge in [-0.15, -0.1) is 0 Å². The summed E-state index contributed by atoms with van der Waals surface area (Å²) in [6, 6.07) is 8.41. The number of pyridine rings is 2. The van der Waals surface area contributed by atoms with Crippen LogP contribution in [0, 0.1) is 13.8 Å². The van der Waals surface area contributed by atoms with Crippen LogP contribution in [0.4, 0.5) is 0 Å². The molecule has 0 aromatic carbocycles. The number of carbonyl (C=O) groups excluding carboxylic acids is 1. The fraction of sp³-hybridized carbons (Fsp3) is 0.176. The van der Waals surface area contributed by atoms with Crippen LogP contribution in [0.3, 0.4) is 0 Å². The van der Waals surface area contributed by atoms with E-state index in [0.717, 1.165) is 11.3 Å². The lowest BCUT2D eigenvalue weighted by Crippen LogP contribution is -2.17. The molecule has 0 atom stereocenters. The number of esters is 1. The van der Waals surface area contributed by atoms with Crippen LogP contribution in [-0.4, -0.2) is 20.3 Å². The largest absolute Gasteiger partial charge is 0.456 e. The first kappa shape index (κ1) is 14.9. The van der Waals surface area contributed by atoms with Crippen LogP contribution in [0.25, 0.3) is 5.65 Å². The van der Waals surface area contributed by atoms with Crippen molar-refractivity contribution in [2.75, 3.05) is 0 Å². The van der Waals surface area contributed by atoms with Crippen molar-refractivity contribution in [3.05, 3.63) is 75.6 Å². The number of nitrogens with zero attached hydrogens (tertiary/aromatic N) is 3. The highest BCUT2D eigenvalue weighted by Crippen LogP contribution is 2.08. The molecule has 3 aromatic heterocycles. The third-order valence-corrected chi connectivity index (χ3v) is 3.44. The minimum Gasteiger partial charge on any atom is -0.456 e. The number of aromatic nitrogens is 3. The molecule has 0 saturated heterocycles. The summed E-state index contributed by atoms with van der Waals surface area (Å²) < 4.78 is 6.67. The van der Waals surface area contributed by atoms with Crippen LogP contribution >= 0.6 is 0 Å². The molecule has 6 heteroatoms. The van der Waals surface area contributed by atoms with Crippen LogP contribution in [0.2, 0.25) is 0 Å². The van der Waals surface area contributed by atoms with Gasteiger partial charge in [0.15, 0.2) is 0 Å². The normalized spacial score (nSPS) is 10.7. The number of aryl methyl sites for hydroxylation is 2. The van der Waals surface area contributed by atoms with Gasteiger partial charge in [0, 0.05) is 24.2 Å². The van der Waals surface area contributed by atoms with Crippen LogP contribution in [0.5, 0.6) is 0 Å². The van der Waals surface area contributed by atoms with E-state index in [2.05, 4.69) is 9.97 Å². The summed E-state index contributed by atoms with van der Waals surface area (Å²) in [5.74, 6) is -0.496. The summed E-state index contributed by atoms with van der Waals surface area (Å²) in [5, 5.41) is 0. The van der Waals surface area contributed by atoms with Crippen LogP contribution in [0.15, 0.2) is 47.5 Å². The quantitative estimate of drug-likeness (QED) is 0.692. The van der Waals surface area contributed by atoms with E-state index >= 15 is 0 Å². The van der Waals surface area contributed by atoms with E-state index in [1.54, 1.807) is 24.4 Å². The van der Waals surface area contributed by atoms with Crippen molar-refractivity contribution < 1.29 is 9.53 Å². The number of fused-ring (bicyclic) bond motifs is 1. The van der Waals surface area contributed by atoms with E-state index in [0.29, 0.717) is 16.9 Å². The molecule has 0 N–H and O–H groups in total. The molecule has 0 bridgehead atoms. The predicted molar refractivity (Wildman–Crippen MR) is 84.3 cm³/mol. The van der Waals surface area contributed by atoms with Crippen molar-refractivity contribution in [1.82, 2.24) is 14.4 Å². The van der Waals surface area contributed by atoms with Crippen LogP contribution < -0.4 is 5.56 Å². The van der Waals surface area contributed by atoms with Gasteiger partial charge in [-0.3, -0.25) is 14.2 Å². The molecule has 0 aliphatic carbocycles. The summed E-state index contributed by atoms with van der Waals surface area (Å²) in [7, 11) is 0. The van der Waals surface area contributed by atoms with Gasteiger partial charge in [-0.1, -0.05) is 6.07 Å². The maximum Gasteiger partial charge on any atom is 0.340 e. The second-order valence-electron chi connectivity index (χ2n) is 5.23. The first-order valence-electron chi connectivity index (χ1n) is 7.12. The minimum atomic E-state index is -0.496. The number of rotatable bonds is 3. The summed E-state index contributed by atoms with van der Waals surface area (Å²) in [4.78, 5) is 32.5. The molecule has 23 heavy (non-hydrogen) atoms. The molecule has 0 spiro atoms. The molecular weight excluding hydrogens is 294 g/mol. The second-order valence-corrected chi connectivity index (χ2v) is 5.23. The van der Waals surface area contributed by atoms with Gasteiger partial charge in [0.05, 0.1) is 11.3 Å². The molecule has 0 radical (unpaired) electrons. The van der Waals surface area contributed by atoms with Crippen LogP contribution in [0.1, 0.15) is 27.3 Å². The van der Waals surface area contributed by atoms with Gasteiger partial charge in [0.1, 0.15) is 12.3 Å². The van der Waals surface area contributed by atoms with Crippen molar-refractivity contribution in [1.29, 1.82) is 0 Å². The molecule has 0 unspecified atom stereocenters. The fourth-order valence-corrected chi connectivity index (χ4v) is 2.19. The van der Waals surface area contributed by atoms with Gasteiger partial charge in [-0.2, -0.15) is 0 Å². The zero-order valence-electron chi connectivity index (χ0n) is 12.8. The van der Waals surface area contributed by atoms with Crippen molar-refractivity contribution in [3.63, 3.8) is 0 Å². The SMILES string of the molecule is Cc1ccc(C(=O)OCc2cc(=O)n3cccc(C)c3n2)cn1.